The lowest BCUT2D eigenvalue weighted by Crippen LogP contribution is -2.54. The highest BCUT2D eigenvalue weighted by Crippen LogP contribution is 2.66. The van der Waals surface area contributed by atoms with Gasteiger partial charge in [0.25, 0.3) is 0 Å². The molecule has 4 rings (SSSR count). The van der Waals surface area contributed by atoms with Crippen molar-refractivity contribution in [1.82, 2.24) is 0 Å². The fraction of sp³-hybridized carbons (Fsp3) is 0.895. The number of hydrogen-bond donors (Lipinski definition) is 4. The van der Waals surface area contributed by atoms with Crippen molar-refractivity contribution >= 4 is 0 Å². The molecule has 0 amide bonds. The van der Waals surface area contributed by atoms with Crippen LogP contribution >= 0.6 is 0 Å². The van der Waals surface area contributed by atoms with Crippen molar-refractivity contribution in [3.8, 4) is 0 Å². The molecule has 4 aliphatic carbocycles. The summed E-state index contributed by atoms with van der Waals surface area (Å²) in [4.78, 5) is 0. The van der Waals surface area contributed by atoms with Crippen molar-refractivity contribution in [2.45, 2.75) is 64.4 Å². The average Bonchev–Trinajstić information content (AvgIpc) is 2.80. The van der Waals surface area contributed by atoms with Gasteiger partial charge in [-0.2, -0.15) is 0 Å². The van der Waals surface area contributed by atoms with Gasteiger partial charge in [-0.05, 0) is 74.0 Å². The van der Waals surface area contributed by atoms with Gasteiger partial charge in [0.2, 0.25) is 0 Å². The molecule has 3 saturated carbocycles. The van der Waals surface area contributed by atoms with Gasteiger partial charge < -0.3 is 20.4 Å². The molecular formula is C19H30O4. The third-order valence-electron chi connectivity index (χ3n) is 8.29. The summed E-state index contributed by atoms with van der Waals surface area (Å²) in [6, 6.07) is 0. The molecule has 2 unspecified atom stereocenters. The van der Waals surface area contributed by atoms with Gasteiger partial charge in [0, 0.05) is 6.42 Å². The Morgan fingerprint density at radius 1 is 1.04 bits per heavy atom. The minimum Gasteiger partial charge on any atom is -0.509 e. The first kappa shape index (κ1) is 15.8. The van der Waals surface area contributed by atoms with E-state index in [1.165, 1.54) is 0 Å². The summed E-state index contributed by atoms with van der Waals surface area (Å²) in [5.41, 5.74) is -0.319. The third kappa shape index (κ3) is 1.97. The van der Waals surface area contributed by atoms with Gasteiger partial charge >= 0.3 is 0 Å². The summed E-state index contributed by atoms with van der Waals surface area (Å²) in [6.07, 6.45) is 7.34. The number of allylic oxidation sites excluding steroid dienone is 1. The first-order valence-corrected chi connectivity index (χ1v) is 9.33. The monoisotopic (exact) mass is 322 g/mol. The smallest absolute Gasteiger partial charge is 0.138 e. The molecular weight excluding hydrogens is 292 g/mol. The van der Waals surface area contributed by atoms with Crippen molar-refractivity contribution in [2.75, 3.05) is 6.61 Å². The van der Waals surface area contributed by atoms with Crippen molar-refractivity contribution in [3.05, 3.63) is 11.5 Å². The molecule has 4 nitrogen and oxygen atoms in total. The number of aliphatic hydroxyl groups excluding tert-OH is 4. The molecule has 0 spiro atoms. The molecule has 0 aromatic rings. The maximum absolute atomic E-state index is 10.4. The van der Waals surface area contributed by atoms with Crippen LogP contribution in [0.5, 0.6) is 0 Å². The largest absolute Gasteiger partial charge is 0.509 e. The Morgan fingerprint density at radius 3 is 2.57 bits per heavy atom. The van der Waals surface area contributed by atoms with Crippen LogP contribution in [0.25, 0.3) is 0 Å². The molecule has 130 valence electrons. The van der Waals surface area contributed by atoms with Crippen LogP contribution in [0.1, 0.15) is 58.3 Å². The standard InChI is InChI=1S/C19H30O4/c1-18-6-4-12(21)8-11(18)2-3-13-14(18)5-7-19(10-20)15(13)9-16(22)17(19)23/h11-15,20-23H,2-10H2,1H3/t11?,12?,13-,14+,15+,18+,19-/m1/s1. The normalized spacial score (nSPS) is 52.7. The van der Waals surface area contributed by atoms with Crippen LogP contribution < -0.4 is 0 Å². The van der Waals surface area contributed by atoms with Crippen LogP contribution in [0.2, 0.25) is 0 Å². The summed E-state index contributed by atoms with van der Waals surface area (Å²) < 4.78 is 0. The van der Waals surface area contributed by atoms with Gasteiger partial charge in [0.05, 0.1) is 18.1 Å². The fourth-order valence-corrected chi connectivity index (χ4v) is 6.95. The molecule has 4 aliphatic rings. The van der Waals surface area contributed by atoms with E-state index in [4.69, 9.17) is 0 Å². The lowest BCUT2D eigenvalue weighted by molar-refractivity contribution is -0.132. The maximum atomic E-state index is 10.4. The Hall–Kier alpha value is -0.740. The Kier molecular flexibility index (Phi) is 3.51. The molecule has 0 bridgehead atoms. The van der Waals surface area contributed by atoms with Crippen LogP contribution in [-0.4, -0.2) is 33.1 Å². The predicted octanol–water partition coefficient (Wildman–Crippen LogP) is 3.30. The lowest BCUT2D eigenvalue weighted by Gasteiger charge is -2.60. The second kappa shape index (κ2) is 5.13. The topological polar surface area (TPSA) is 80.9 Å². The Bertz CT molecular complexity index is 529. The SMILES string of the molecule is C[C@]12CCC(O)CC1CC[C@H]1[C@@H]3CC(O)=C(O)[C@@]3(CO)CC[C@@H]12. The first-order valence-electron chi connectivity index (χ1n) is 9.33. The van der Waals surface area contributed by atoms with Crippen molar-refractivity contribution < 1.29 is 20.4 Å². The molecule has 0 radical (unpaired) electrons. The van der Waals surface area contributed by atoms with Crippen molar-refractivity contribution in [1.29, 1.82) is 0 Å². The summed E-state index contributed by atoms with van der Waals surface area (Å²) in [6.45, 7) is 2.35. The van der Waals surface area contributed by atoms with E-state index in [0.717, 1.165) is 44.9 Å². The molecule has 0 aliphatic heterocycles. The summed E-state index contributed by atoms with van der Waals surface area (Å²) in [5, 5.41) is 40.6. The van der Waals surface area contributed by atoms with E-state index < -0.39 is 5.41 Å². The number of hydrogen-bond acceptors (Lipinski definition) is 4. The lowest BCUT2D eigenvalue weighted by atomic mass is 9.45. The summed E-state index contributed by atoms with van der Waals surface area (Å²) in [7, 11) is 0. The van der Waals surface area contributed by atoms with Crippen molar-refractivity contribution in [3.63, 3.8) is 0 Å². The molecule has 0 heterocycles. The van der Waals surface area contributed by atoms with Gasteiger partial charge in [0.1, 0.15) is 11.5 Å². The number of rotatable bonds is 1. The molecule has 0 aromatic carbocycles. The molecule has 4 heteroatoms. The Balaban J connectivity index is 1.65. The summed E-state index contributed by atoms with van der Waals surface area (Å²) in [5.74, 6) is 2.02. The predicted molar refractivity (Wildman–Crippen MR) is 86.8 cm³/mol. The zero-order chi connectivity index (χ0) is 16.4. The van der Waals surface area contributed by atoms with E-state index >= 15 is 0 Å². The summed E-state index contributed by atoms with van der Waals surface area (Å²) >= 11 is 0. The number of aliphatic hydroxyl groups is 4. The van der Waals surface area contributed by atoms with Gasteiger partial charge in [0.15, 0.2) is 0 Å². The van der Waals surface area contributed by atoms with E-state index in [1.54, 1.807) is 0 Å². The Morgan fingerprint density at radius 2 is 1.83 bits per heavy atom. The van der Waals surface area contributed by atoms with Gasteiger partial charge in [-0.3, -0.25) is 0 Å². The van der Waals surface area contributed by atoms with Crippen LogP contribution in [-0.2, 0) is 0 Å². The fourth-order valence-electron chi connectivity index (χ4n) is 6.95. The van der Waals surface area contributed by atoms with E-state index in [-0.39, 0.29) is 35.6 Å². The van der Waals surface area contributed by atoms with E-state index in [2.05, 4.69) is 6.92 Å². The molecule has 3 fully saturated rings. The highest BCUT2D eigenvalue weighted by Gasteiger charge is 2.61. The Labute approximate surface area is 138 Å². The molecule has 23 heavy (non-hydrogen) atoms. The van der Waals surface area contributed by atoms with Gasteiger partial charge in [-0.1, -0.05) is 6.92 Å². The number of fused-ring (bicyclic) bond motifs is 5. The zero-order valence-electron chi connectivity index (χ0n) is 14.0. The second-order valence-corrected chi connectivity index (χ2v) is 8.94. The van der Waals surface area contributed by atoms with E-state index in [1.807, 2.05) is 0 Å². The van der Waals surface area contributed by atoms with Gasteiger partial charge in [-0.15, -0.1) is 0 Å². The minimum atomic E-state index is -0.595. The second-order valence-electron chi connectivity index (χ2n) is 8.94. The molecule has 7 atom stereocenters. The van der Waals surface area contributed by atoms with Crippen LogP contribution in [0.15, 0.2) is 11.5 Å². The van der Waals surface area contributed by atoms with Crippen LogP contribution in [0, 0.1) is 34.5 Å². The highest BCUT2D eigenvalue weighted by atomic mass is 16.3. The zero-order valence-corrected chi connectivity index (χ0v) is 14.0. The average molecular weight is 322 g/mol. The van der Waals surface area contributed by atoms with E-state index in [9.17, 15) is 20.4 Å². The van der Waals surface area contributed by atoms with Gasteiger partial charge in [-0.25, -0.2) is 0 Å². The maximum Gasteiger partial charge on any atom is 0.138 e. The highest BCUT2D eigenvalue weighted by molar-refractivity contribution is 5.25. The molecule has 0 aromatic heterocycles. The third-order valence-corrected chi connectivity index (χ3v) is 8.29. The van der Waals surface area contributed by atoms with Crippen molar-refractivity contribution in [2.24, 2.45) is 34.5 Å². The molecule has 4 N–H and O–H groups in total. The van der Waals surface area contributed by atoms with E-state index in [0.29, 0.717) is 24.2 Å². The molecule has 0 saturated heterocycles. The minimum absolute atomic E-state index is 0.0599. The van der Waals surface area contributed by atoms with Crippen LogP contribution in [0.4, 0.5) is 0 Å². The van der Waals surface area contributed by atoms with Crippen LogP contribution in [0.3, 0.4) is 0 Å². The quantitative estimate of drug-likeness (QED) is 0.597. The first-order chi connectivity index (χ1) is 10.9.